The fourth-order valence-electron chi connectivity index (χ4n) is 3.72. The second-order valence-electron chi connectivity index (χ2n) is 8.76. The van der Waals surface area contributed by atoms with Crippen LogP contribution in [0.3, 0.4) is 0 Å². The number of ether oxygens (including phenoxy) is 2. The van der Waals surface area contributed by atoms with Crippen LogP contribution in [0, 0.1) is 5.82 Å². The van der Waals surface area contributed by atoms with Crippen LogP contribution in [0.4, 0.5) is 10.2 Å². The topological polar surface area (TPSA) is 164 Å². The number of nitrogen functional groups attached to an aromatic ring is 1. The molecule has 12 nitrogen and oxygen atoms in total. The molecule has 3 aromatic rings. The van der Waals surface area contributed by atoms with Gasteiger partial charge in [0.1, 0.15) is 42.4 Å². The number of halogens is 1. The predicted octanol–water partition coefficient (Wildman–Crippen LogP) is 2.54. The van der Waals surface area contributed by atoms with E-state index >= 15 is 0 Å². The number of rotatable bonds is 11. The van der Waals surface area contributed by atoms with Gasteiger partial charge in [0.05, 0.1) is 12.7 Å². The number of hydrogen-bond acceptors (Lipinski definition) is 10. The molecule has 14 heteroatoms. The first kappa shape index (κ1) is 28.4. The average molecular weight is 562 g/mol. The first-order chi connectivity index (χ1) is 18.6. The molecule has 2 aromatic carbocycles. The summed E-state index contributed by atoms with van der Waals surface area (Å²) in [6.45, 7) is 0.972. The quantitative estimate of drug-likeness (QED) is 0.232. The minimum Gasteiger partial charge on any atom is -0.460 e. The van der Waals surface area contributed by atoms with Crippen LogP contribution >= 0.6 is 7.75 Å². The maximum atomic E-state index is 13.7. The van der Waals surface area contributed by atoms with Gasteiger partial charge < -0.3 is 24.8 Å². The molecular weight excluding hydrogens is 534 g/mol. The highest BCUT2D eigenvalue weighted by molar-refractivity contribution is 7.52. The largest absolute Gasteiger partial charge is 0.460 e. The number of aromatic nitrogens is 2. The number of aliphatic hydroxyl groups is 1. The van der Waals surface area contributed by atoms with Crippen LogP contribution < -0.4 is 21.0 Å². The second kappa shape index (κ2) is 12.5. The number of esters is 1. The molecule has 1 saturated heterocycles. The van der Waals surface area contributed by atoms with E-state index in [0.29, 0.717) is 0 Å². The molecule has 4 N–H and O–H groups in total. The molecule has 1 unspecified atom stereocenters. The lowest BCUT2D eigenvalue weighted by Crippen LogP contribution is -2.36. The van der Waals surface area contributed by atoms with E-state index in [4.69, 9.17) is 24.3 Å². The number of carbonyl (C=O) groups excluding carboxylic acids is 1. The van der Waals surface area contributed by atoms with Crippen LogP contribution in [0.5, 0.6) is 5.75 Å². The Morgan fingerprint density at radius 1 is 1.26 bits per heavy atom. The highest BCUT2D eigenvalue weighted by Gasteiger charge is 2.39. The van der Waals surface area contributed by atoms with E-state index in [1.165, 1.54) is 31.3 Å². The summed E-state index contributed by atoms with van der Waals surface area (Å²) >= 11 is 0. The molecule has 4 rings (SSSR count). The number of nitrogens with two attached hydrogens (primary N) is 1. The molecule has 0 saturated carbocycles. The maximum Gasteiger partial charge on any atom is 0.459 e. The van der Waals surface area contributed by atoms with Gasteiger partial charge in [-0.25, -0.2) is 13.8 Å². The molecule has 1 aliphatic heterocycles. The SMILES string of the molecule is C[C@H](NP(=O)(OC[C@H]1O[C@@H](n2ccc(N)nc2=O)C[C@H]1O)Oc1ccc(F)cc1)C(=O)OCc1ccccc1. The summed E-state index contributed by atoms with van der Waals surface area (Å²) in [4.78, 5) is 28.4. The molecule has 0 amide bonds. The van der Waals surface area contributed by atoms with Gasteiger partial charge in [-0.15, -0.1) is 0 Å². The van der Waals surface area contributed by atoms with Gasteiger partial charge in [-0.1, -0.05) is 30.3 Å². The van der Waals surface area contributed by atoms with Gasteiger partial charge in [0.2, 0.25) is 0 Å². The van der Waals surface area contributed by atoms with Crippen molar-refractivity contribution in [3.63, 3.8) is 0 Å². The van der Waals surface area contributed by atoms with E-state index < -0.39 is 56.3 Å². The fourth-order valence-corrected chi connectivity index (χ4v) is 5.22. The Hall–Kier alpha value is -3.61. The molecule has 2 heterocycles. The Morgan fingerprint density at radius 2 is 1.97 bits per heavy atom. The Bertz CT molecular complexity index is 1370. The van der Waals surface area contributed by atoms with Crippen molar-refractivity contribution in [1.82, 2.24) is 14.6 Å². The zero-order valence-electron chi connectivity index (χ0n) is 20.9. The molecule has 0 bridgehead atoms. The summed E-state index contributed by atoms with van der Waals surface area (Å²) < 4.78 is 50.3. The van der Waals surface area contributed by atoms with E-state index in [9.17, 15) is 23.7 Å². The third-order valence-corrected chi connectivity index (χ3v) is 7.39. The van der Waals surface area contributed by atoms with Crippen molar-refractivity contribution in [3.8, 4) is 5.75 Å². The van der Waals surface area contributed by atoms with Crippen molar-refractivity contribution in [3.05, 3.63) is 88.7 Å². The first-order valence-electron chi connectivity index (χ1n) is 12.0. The van der Waals surface area contributed by atoms with Gasteiger partial charge in [-0.3, -0.25) is 13.9 Å². The third-order valence-electron chi connectivity index (χ3n) is 5.74. The Balaban J connectivity index is 1.43. The van der Waals surface area contributed by atoms with Crippen molar-refractivity contribution >= 4 is 19.5 Å². The summed E-state index contributed by atoms with van der Waals surface area (Å²) in [6, 6.07) is 13.9. The highest BCUT2D eigenvalue weighted by Crippen LogP contribution is 2.46. The van der Waals surface area contributed by atoms with Crippen LogP contribution in [-0.4, -0.2) is 45.5 Å². The van der Waals surface area contributed by atoms with E-state index in [2.05, 4.69) is 10.1 Å². The smallest absolute Gasteiger partial charge is 0.459 e. The minimum atomic E-state index is -4.31. The van der Waals surface area contributed by atoms with Crippen molar-refractivity contribution < 1.29 is 37.4 Å². The fraction of sp³-hybridized carbons (Fsp3) is 0.320. The Morgan fingerprint density at radius 3 is 2.67 bits per heavy atom. The molecule has 39 heavy (non-hydrogen) atoms. The van der Waals surface area contributed by atoms with E-state index in [1.807, 2.05) is 6.07 Å². The maximum absolute atomic E-state index is 13.7. The zero-order valence-corrected chi connectivity index (χ0v) is 21.8. The second-order valence-corrected chi connectivity index (χ2v) is 10.5. The van der Waals surface area contributed by atoms with Crippen LogP contribution in [-0.2, 0) is 30.0 Å². The molecular formula is C25H28FN4O8P. The number of anilines is 1. The molecule has 0 aliphatic carbocycles. The van der Waals surface area contributed by atoms with Crippen molar-refractivity contribution in [1.29, 1.82) is 0 Å². The predicted molar refractivity (Wildman–Crippen MR) is 137 cm³/mol. The lowest BCUT2D eigenvalue weighted by molar-refractivity contribution is -0.146. The van der Waals surface area contributed by atoms with E-state index in [0.717, 1.165) is 22.3 Å². The van der Waals surface area contributed by atoms with Gasteiger partial charge >= 0.3 is 19.4 Å². The summed E-state index contributed by atoms with van der Waals surface area (Å²) in [6.07, 6.45) is -1.55. The molecule has 1 aliphatic rings. The Kier molecular flexibility index (Phi) is 9.10. The number of nitrogens with zero attached hydrogens (tertiary/aromatic N) is 2. The van der Waals surface area contributed by atoms with Crippen LogP contribution in [0.1, 0.15) is 25.1 Å². The number of benzene rings is 2. The van der Waals surface area contributed by atoms with E-state index in [-0.39, 0.29) is 24.6 Å². The monoisotopic (exact) mass is 562 g/mol. The normalized spacial score (nSPS) is 21.2. The molecule has 0 spiro atoms. The number of carbonyl (C=O) groups is 1. The van der Waals surface area contributed by atoms with Gasteiger partial charge in [-0.05, 0) is 42.8 Å². The lowest BCUT2D eigenvalue weighted by Gasteiger charge is -2.24. The molecule has 1 aromatic heterocycles. The first-order valence-corrected chi connectivity index (χ1v) is 13.5. The molecule has 5 atom stereocenters. The molecule has 0 radical (unpaired) electrons. The van der Waals surface area contributed by atoms with Gasteiger partial charge in [-0.2, -0.15) is 10.1 Å². The lowest BCUT2D eigenvalue weighted by atomic mass is 10.2. The number of hydrogen-bond donors (Lipinski definition) is 3. The van der Waals surface area contributed by atoms with Crippen molar-refractivity contribution in [2.24, 2.45) is 0 Å². The minimum absolute atomic E-state index is 0.00146. The zero-order chi connectivity index (χ0) is 28.0. The van der Waals surface area contributed by atoms with Crippen LogP contribution in [0.25, 0.3) is 0 Å². The molecule has 1 fully saturated rings. The summed E-state index contributed by atoms with van der Waals surface area (Å²) in [5.41, 5.74) is 5.62. The van der Waals surface area contributed by atoms with Crippen LogP contribution in [0.15, 0.2) is 71.7 Å². The number of aliphatic hydroxyl groups excluding tert-OH is 1. The highest BCUT2D eigenvalue weighted by atomic mass is 31.2. The van der Waals surface area contributed by atoms with E-state index in [1.54, 1.807) is 24.3 Å². The third kappa shape index (κ3) is 7.71. The van der Waals surface area contributed by atoms with Gasteiger partial charge in [0.25, 0.3) is 0 Å². The van der Waals surface area contributed by atoms with Crippen molar-refractivity contribution in [2.45, 2.75) is 44.4 Å². The average Bonchev–Trinajstić information content (AvgIpc) is 3.28. The molecule has 208 valence electrons. The Labute approximate surface area is 223 Å². The van der Waals surface area contributed by atoms with Crippen molar-refractivity contribution in [2.75, 3.05) is 12.3 Å². The summed E-state index contributed by atoms with van der Waals surface area (Å²) in [7, 11) is -4.31. The van der Waals surface area contributed by atoms with Gasteiger partial charge in [0, 0.05) is 12.6 Å². The summed E-state index contributed by atoms with van der Waals surface area (Å²) in [5.74, 6) is -1.22. The summed E-state index contributed by atoms with van der Waals surface area (Å²) in [5, 5.41) is 13.0. The standard InChI is InChI=1S/C25H28FN4O8P/c1-16(24(32)35-14-17-5-3-2-4-6-17)29-39(34,38-19-9-7-18(26)8-10-19)36-15-21-20(31)13-23(37-21)30-12-11-22(27)28-25(30)33/h2-12,16,20-21,23,31H,13-15H2,1H3,(H,29,34)(H2,27,28,33)/t16-,20+,21+,23+,39?/m0/s1. The van der Waals surface area contributed by atoms with Gasteiger partial charge in [0.15, 0.2) is 0 Å². The number of nitrogens with one attached hydrogen (secondary N) is 1. The van der Waals surface area contributed by atoms with Crippen LogP contribution in [0.2, 0.25) is 0 Å².